The molecule has 19 heavy (non-hydrogen) atoms. The minimum atomic E-state index is -4.38. The van der Waals surface area contributed by atoms with Crippen molar-refractivity contribution in [2.24, 2.45) is 0 Å². The zero-order chi connectivity index (χ0) is 14.0. The average Bonchev–Trinajstić information content (AvgIpc) is 2.69. The van der Waals surface area contributed by atoms with E-state index in [9.17, 15) is 13.2 Å². The first-order valence-electron chi connectivity index (χ1n) is 5.01. The van der Waals surface area contributed by atoms with Crippen molar-refractivity contribution in [1.82, 2.24) is 4.98 Å². The van der Waals surface area contributed by atoms with Crippen LogP contribution in [-0.4, -0.2) is 10.1 Å². The minimum absolute atomic E-state index is 0.120. The van der Waals surface area contributed by atoms with E-state index in [0.717, 1.165) is 23.5 Å². The maximum Gasteiger partial charge on any atom is 0.416 e. The summed E-state index contributed by atoms with van der Waals surface area (Å²) < 4.78 is 42.3. The molecule has 0 atom stereocenters. The van der Waals surface area contributed by atoms with Crippen molar-refractivity contribution in [2.75, 3.05) is 0 Å². The first-order chi connectivity index (χ1) is 8.90. The molecule has 1 aromatic heterocycles. The maximum atomic E-state index is 12.4. The molecule has 1 aromatic carbocycles. The third-order valence-electron chi connectivity index (χ3n) is 2.16. The van der Waals surface area contributed by atoms with E-state index in [1.54, 1.807) is 0 Å². The topological polar surface area (TPSA) is 42.4 Å². The Morgan fingerprint density at radius 3 is 2.37 bits per heavy atom. The van der Waals surface area contributed by atoms with Crippen LogP contribution in [0.1, 0.15) is 10.4 Å². The van der Waals surface area contributed by atoms with E-state index in [4.69, 9.17) is 21.4 Å². The molecule has 8 heteroatoms. The van der Waals surface area contributed by atoms with Crippen molar-refractivity contribution >= 4 is 22.9 Å². The number of nitrogens with zero attached hydrogens (tertiary/aromatic N) is 1. The number of benzene rings is 1. The number of rotatable bonds is 3. The molecule has 2 aromatic rings. The SMILES string of the molecule is OCc1sc(Oc2ccc(C(F)(F)F)cc2)nc1Cl. The third-order valence-corrected chi connectivity index (χ3v) is 3.50. The second kappa shape index (κ2) is 5.36. The average molecular weight is 310 g/mol. The number of halogens is 4. The minimum Gasteiger partial charge on any atom is -0.431 e. The highest BCUT2D eigenvalue weighted by Crippen LogP contribution is 2.34. The van der Waals surface area contributed by atoms with Crippen LogP contribution in [-0.2, 0) is 12.8 Å². The van der Waals surface area contributed by atoms with Gasteiger partial charge in [-0.1, -0.05) is 22.9 Å². The van der Waals surface area contributed by atoms with Gasteiger partial charge in [-0.2, -0.15) is 18.2 Å². The Hall–Kier alpha value is -1.31. The van der Waals surface area contributed by atoms with Crippen molar-refractivity contribution in [2.45, 2.75) is 12.8 Å². The van der Waals surface area contributed by atoms with Crippen LogP contribution in [0.4, 0.5) is 13.2 Å². The lowest BCUT2D eigenvalue weighted by molar-refractivity contribution is -0.137. The van der Waals surface area contributed by atoms with Gasteiger partial charge in [0.1, 0.15) is 10.9 Å². The van der Waals surface area contributed by atoms with Gasteiger partial charge in [0.05, 0.1) is 17.0 Å². The number of aromatic nitrogens is 1. The molecule has 0 radical (unpaired) electrons. The summed E-state index contributed by atoms with van der Waals surface area (Å²) in [4.78, 5) is 4.26. The lowest BCUT2D eigenvalue weighted by Gasteiger charge is -2.07. The lowest BCUT2D eigenvalue weighted by atomic mass is 10.2. The van der Waals surface area contributed by atoms with Gasteiger partial charge in [0.15, 0.2) is 0 Å². The van der Waals surface area contributed by atoms with E-state index in [1.807, 2.05) is 0 Å². The van der Waals surface area contributed by atoms with Gasteiger partial charge in [0.25, 0.3) is 5.19 Å². The number of ether oxygens (including phenoxy) is 1. The molecule has 0 aliphatic heterocycles. The van der Waals surface area contributed by atoms with Gasteiger partial charge in [-0.15, -0.1) is 0 Å². The molecule has 0 aliphatic rings. The van der Waals surface area contributed by atoms with Crippen molar-refractivity contribution < 1.29 is 23.0 Å². The van der Waals surface area contributed by atoms with E-state index in [0.29, 0.717) is 4.88 Å². The Morgan fingerprint density at radius 2 is 1.89 bits per heavy atom. The fourth-order valence-electron chi connectivity index (χ4n) is 1.27. The van der Waals surface area contributed by atoms with Crippen molar-refractivity contribution in [3.63, 3.8) is 0 Å². The van der Waals surface area contributed by atoms with E-state index in [1.165, 1.54) is 12.1 Å². The smallest absolute Gasteiger partial charge is 0.416 e. The van der Waals surface area contributed by atoms with Crippen LogP contribution in [0.2, 0.25) is 5.15 Å². The predicted octanol–water partition coefficient (Wildman–Crippen LogP) is 4.10. The van der Waals surface area contributed by atoms with Crippen LogP contribution in [0.25, 0.3) is 0 Å². The molecule has 0 saturated heterocycles. The molecular formula is C11H7ClF3NO2S. The Kier molecular flexibility index (Phi) is 3.98. The van der Waals surface area contributed by atoms with E-state index < -0.39 is 11.7 Å². The lowest BCUT2D eigenvalue weighted by Crippen LogP contribution is -2.03. The number of hydrogen-bond donors (Lipinski definition) is 1. The molecule has 0 spiro atoms. The fourth-order valence-corrected chi connectivity index (χ4v) is 2.25. The number of aliphatic hydroxyl groups excluding tert-OH is 1. The number of thiazole rings is 1. The largest absolute Gasteiger partial charge is 0.431 e. The van der Waals surface area contributed by atoms with E-state index >= 15 is 0 Å². The highest BCUT2D eigenvalue weighted by molar-refractivity contribution is 7.13. The van der Waals surface area contributed by atoms with Gasteiger partial charge in [-0.3, -0.25) is 0 Å². The highest BCUT2D eigenvalue weighted by Gasteiger charge is 2.30. The van der Waals surface area contributed by atoms with Crippen LogP contribution in [0.3, 0.4) is 0 Å². The normalized spacial score (nSPS) is 11.6. The fraction of sp³-hybridized carbons (Fsp3) is 0.182. The summed E-state index contributed by atoms with van der Waals surface area (Å²) in [6.07, 6.45) is -4.38. The summed E-state index contributed by atoms with van der Waals surface area (Å²) in [7, 11) is 0. The van der Waals surface area contributed by atoms with Crippen molar-refractivity contribution in [3.05, 3.63) is 39.9 Å². The van der Waals surface area contributed by atoms with Crippen LogP contribution in [0.15, 0.2) is 24.3 Å². The van der Waals surface area contributed by atoms with Gasteiger partial charge < -0.3 is 9.84 Å². The van der Waals surface area contributed by atoms with Crippen LogP contribution < -0.4 is 4.74 Å². The molecule has 102 valence electrons. The first kappa shape index (κ1) is 14.1. The Labute approximate surface area is 115 Å². The standard InChI is InChI=1S/C11H7ClF3NO2S/c12-9-8(5-17)19-10(16-9)18-7-3-1-6(2-4-7)11(13,14)15/h1-4,17H,5H2. The van der Waals surface area contributed by atoms with Crippen LogP contribution in [0, 0.1) is 0 Å². The zero-order valence-electron chi connectivity index (χ0n) is 9.24. The zero-order valence-corrected chi connectivity index (χ0v) is 10.8. The van der Waals surface area contributed by atoms with Gasteiger partial charge >= 0.3 is 6.18 Å². The summed E-state index contributed by atoms with van der Waals surface area (Å²) in [6, 6.07) is 4.21. The summed E-state index contributed by atoms with van der Waals surface area (Å²) in [6.45, 7) is -0.271. The van der Waals surface area contributed by atoms with Gasteiger partial charge in [0.2, 0.25) is 0 Å². The Bertz CT molecular complexity index is 568. The second-order valence-corrected chi connectivity index (χ2v) is 4.88. The molecule has 2 rings (SSSR count). The number of hydrogen-bond acceptors (Lipinski definition) is 4. The Morgan fingerprint density at radius 1 is 1.26 bits per heavy atom. The molecule has 0 unspecified atom stereocenters. The second-order valence-electron chi connectivity index (χ2n) is 3.48. The quantitative estimate of drug-likeness (QED) is 0.928. The molecule has 0 amide bonds. The van der Waals surface area contributed by atoms with Crippen molar-refractivity contribution in [3.8, 4) is 10.9 Å². The van der Waals surface area contributed by atoms with Gasteiger partial charge in [-0.05, 0) is 24.3 Å². The summed E-state index contributed by atoms with van der Waals surface area (Å²) >= 11 is 6.73. The molecule has 1 N–H and O–H groups in total. The molecule has 0 bridgehead atoms. The molecule has 0 saturated carbocycles. The van der Waals surface area contributed by atoms with Gasteiger partial charge in [0, 0.05) is 0 Å². The number of alkyl halides is 3. The predicted molar refractivity (Wildman–Crippen MR) is 64.6 cm³/mol. The molecule has 0 aliphatic carbocycles. The Balaban J connectivity index is 2.15. The third kappa shape index (κ3) is 3.37. The summed E-state index contributed by atoms with van der Waals surface area (Å²) in [5, 5.41) is 9.21. The molecule has 1 heterocycles. The van der Waals surface area contributed by atoms with Crippen LogP contribution >= 0.6 is 22.9 Å². The highest BCUT2D eigenvalue weighted by atomic mass is 35.5. The van der Waals surface area contributed by atoms with Crippen molar-refractivity contribution in [1.29, 1.82) is 0 Å². The molecular weight excluding hydrogens is 303 g/mol. The maximum absolute atomic E-state index is 12.4. The van der Waals surface area contributed by atoms with Crippen LogP contribution in [0.5, 0.6) is 10.9 Å². The monoisotopic (exact) mass is 309 g/mol. The molecule has 0 fully saturated rings. The van der Waals surface area contributed by atoms with Gasteiger partial charge in [-0.25, -0.2) is 0 Å². The summed E-state index contributed by atoms with van der Waals surface area (Å²) in [5.41, 5.74) is -0.756. The first-order valence-corrected chi connectivity index (χ1v) is 6.21. The molecule has 3 nitrogen and oxygen atoms in total. The summed E-state index contributed by atoms with van der Waals surface area (Å²) in [5.74, 6) is 0.211. The number of aliphatic hydroxyl groups is 1. The van der Waals surface area contributed by atoms with E-state index in [-0.39, 0.29) is 22.7 Å². The van der Waals surface area contributed by atoms with E-state index in [2.05, 4.69) is 4.98 Å².